The van der Waals surface area contributed by atoms with Crippen LogP contribution in [-0.2, 0) is 6.54 Å². The van der Waals surface area contributed by atoms with Gasteiger partial charge in [0.1, 0.15) is 5.69 Å². The van der Waals surface area contributed by atoms with Gasteiger partial charge < -0.3 is 0 Å². The zero-order valence-electron chi connectivity index (χ0n) is 14.7. The van der Waals surface area contributed by atoms with Crippen molar-refractivity contribution in [3.8, 4) is 11.3 Å². The van der Waals surface area contributed by atoms with Crippen LogP contribution in [0.5, 0.6) is 0 Å². The quantitative estimate of drug-likeness (QED) is 0.291. The van der Waals surface area contributed by atoms with Gasteiger partial charge in [-0.25, -0.2) is 5.84 Å². The number of hydrogen-bond donors (Lipinski definition) is 2. The van der Waals surface area contributed by atoms with Crippen LogP contribution >= 0.6 is 23.2 Å². The SMILES string of the molecule is NNC(=O)c1ccc(-c2nn(Cc3ccc(Cl)cc3Cl)c3ccccc23)cc1. The summed E-state index contributed by atoms with van der Waals surface area (Å²) >= 11 is 12.3. The number of halogens is 2. The van der Waals surface area contributed by atoms with Crippen molar-refractivity contribution in [1.29, 1.82) is 0 Å². The molecule has 0 spiro atoms. The zero-order chi connectivity index (χ0) is 19.7. The fraction of sp³-hybridized carbons (Fsp3) is 0.0476. The van der Waals surface area contributed by atoms with Gasteiger partial charge in [0.25, 0.3) is 5.91 Å². The molecule has 0 fully saturated rings. The van der Waals surface area contributed by atoms with E-state index < -0.39 is 0 Å². The highest BCUT2D eigenvalue weighted by Crippen LogP contribution is 2.30. The number of benzene rings is 3. The smallest absolute Gasteiger partial charge is 0.265 e. The summed E-state index contributed by atoms with van der Waals surface area (Å²) in [5.74, 6) is 4.86. The minimum Gasteiger partial charge on any atom is -0.290 e. The second-order valence-electron chi connectivity index (χ2n) is 6.31. The van der Waals surface area contributed by atoms with Crippen LogP contribution in [0.25, 0.3) is 22.2 Å². The Balaban J connectivity index is 1.77. The van der Waals surface area contributed by atoms with E-state index in [0.29, 0.717) is 22.2 Å². The minimum absolute atomic E-state index is 0.334. The first kappa shape index (κ1) is 18.5. The molecule has 7 heteroatoms. The number of aromatic nitrogens is 2. The average molecular weight is 411 g/mol. The van der Waals surface area contributed by atoms with E-state index in [9.17, 15) is 4.79 Å². The number of para-hydroxylation sites is 1. The molecule has 140 valence electrons. The zero-order valence-corrected chi connectivity index (χ0v) is 16.2. The Bertz CT molecular complexity index is 1170. The lowest BCUT2D eigenvalue weighted by atomic mass is 10.1. The molecule has 0 radical (unpaired) electrons. The van der Waals surface area contributed by atoms with Gasteiger partial charge in [-0.05, 0) is 35.9 Å². The number of hydrazine groups is 1. The van der Waals surface area contributed by atoms with E-state index in [0.717, 1.165) is 27.7 Å². The van der Waals surface area contributed by atoms with E-state index >= 15 is 0 Å². The maximum absolute atomic E-state index is 11.7. The molecule has 28 heavy (non-hydrogen) atoms. The third-order valence-electron chi connectivity index (χ3n) is 4.54. The molecule has 0 bridgehead atoms. The number of nitrogens with two attached hydrogens (primary N) is 1. The molecule has 1 heterocycles. The van der Waals surface area contributed by atoms with Crippen LogP contribution in [0.3, 0.4) is 0 Å². The predicted molar refractivity (Wildman–Crippen MR) is 112 cm³/mol. The Morgan fingerprint density at radius 3 is 2.50 bits per heavy atom. The first-order valence-corrected chi connectivity index (χ1v) is 9.33. The van der Waals surface area contributed by atoms with Crippen molar-refractivity contribution < 1.29 is 4.79 Å². The maximum Gasteiger partial charge on any atom is 0.265 e. The molecule has 4 rings (SSSR count). The normalized spacial score (nSPS) is 11.0. The molecule has 0 saturated carbocycles. The summed E-state index contributed by atoms with van der Waals surface area (Å²) in [4.78, 5) is 11.7. The summed E-state index contributed by atoms with van der Waals surface area (Å²) in [7, 11) is 0. The number of fused-ring (bicyclic) bond motifs is 1. The minimum atomic E-state index is -0.334. The summed E-state index contributed by atoms with van der Waals surface area (Å²) in [5, 5.41) is 7.03. The maximum atomic E-state index is 11.7. The van der Waals surface area contributed by atoms with Crippen molar-refractivity contribution in [2.45, 2.75) is 6.54 Å². The number of rotatable bonds is 4. The highest BCUT2D eigenvalue weighted by Gasteiger charge is 2.14. The van der Waals surface area contributed by atoms with Crippen LogP contribution in [0.4, 0.5) is 0 Å². The molecule has 3 N–H and O–H groups in total. The third-order valence-corrected chi connectivity index (χ3v) is 5.13. The van der Waals surface area contributed by atoms with Gasteiger partial charge in [-0.15, -0.1) is 0 Å². The molecule has 0 atom stereocenters. The largest absolute Gasteiger partial charge is 0.290 e. The van der Waals surface area contributed by atoms with Crippen molar-refractivity contribution >= 4 is 40.0 Å². The molecule has 0 aliphatic rings. The van der Waals surface area contributed by atoms with Crippen LogP contribution in [0.2, 0.25) is 10.0 Å². The van der Waals surface area contributed by atoms with Crippen molar-refractivity contribution in [2.24, 2.45) is 5.84 Å². The van der Waals surface area contributed by atoms with Gasteiger partial charge in [0.05, 0.1) is 12.1 Å². The Labute approximate surface area is 171 Å². The molecular weight excluding hydrogens is 395 g/mol. The van der Waals surface area contributed by atoms with Gasteiger partial charge in [-0.1, -0.05) is 59.6 Å². The summed E-state index contributed by atoms with van der Waals surface area (Å²) in [6.07, 6.45) is 0. The van der Waals surface area contributed by atoms with Gasteiger partial charge >= 0.3 is 0 Å². The molecule has 0 saturated heterocycles. The summed E-state index contributed by atoms with van der Waals surface area (Å²) in [5.41, 5.74) is 6.28. The molecule has 0 aliphatic heterocycles. The van der Waals surface area contributed by atoms with Crippen LogP contribution in [0.15, 0.2) is 66.7 Å². The van der Waals surface area contributed by atoms with Gasteiger partial charge in [0.15, 0.2) is 0 Å². The Morgan fingerprint density at radius 2 is 1.79 bits per heavy atom. The molecule has 5 nitrogen and oxygen atoms in total. The fourth-order valence-corrected chi connectivity index (χ4v) is 3.60. The van der Waals surface area contributed by atoms with E-state index in [1.807, 2.05) is 53.2 Å². The summed E-state index contributed by atoms with van der Waals surface area (Å²) in [6.45, 7) is 0.518. The number of carbonyl (C=O) groups excluding carboxylic acids is 1. The number of nitrogens with one attached hydrogen (secondary N) is 1. The molecule has 4 aromatic rings. The monoisotopic (exact) mass is 410 g/mol. The second-order valence-corrected chi connectivity index (χ2v) is 7.15. The van der Waals surface area contributed by atoms with Crippen LogP contribution < -0.4 is 11.3 Å². The topological polar surface area (TPSA) is 72.9 Å². The molecular formula is C21H16Cl2N4O. The van der Waals surface area contributed by atoms with Crippen LogP contribution in [0, 0.1) is 0 Å². The van der Waals surface area contributed by atoms with E-state index in [1.54, 1.807) is 18.2 Å². The predicted octanol–water partition coefficient (Wildman–Crippen LogP) is 4.66. The Hall–Kier alpha value is -2.86. The lowest BCUT2D eigenvalue weighted by Crippen LogP contribution is -2.29. The van der Waals surface area contributed by atoms with Crippen molar-refractivity contribution in [2.75, 3.05) is 0 Å². The number of carbonyl (C=O) groups is 1. The van der Waals surface area contributed by atoms with Crippen molar-refractivity contribution in [3.63, 3.8) is 0 Å². The lowest BCUT2D eigenvalue weighted by molar-refractivity contribution is 0.0953. The van der Waals surface area contributed by atoms with E-state index in [1.165, 1.54) is 0 Å². The highest BCUT2D eigenvalue weighted by atomic mass is 35.5. The van der Waals surface area contributed by atoms with Crippen LogP contribution in [-0.4, -0.2) is 15.7 Å². The standard InChI is InChI=1S/C21H16Cl2N4O/c22-16-10-9-15(18(23)11-16)12-27-19-4-2-1-3-17(19)20(26-27)13-5-7-14(8-6-13)21(28)25-24/h1-11H,12,24H2,(H,25,28). The molecule has 1 aromatic heterocycles. The van der Waals surface area contributed by atoms with Crippen LogP contribution in [0.1, 0.15) is 15.9 Å². The highest BCUT2D eigenvalue weighted by molar-refractivity contribution is 6.35. The van der Waals surface area contributed by atoms with Gasteiger partial charge in [0, 0.05) is 26.6 Å². The van der Waals surface area contributed by atoms with Gasteiger partial charge in [-0.3, -0.25) is 14.9 Å². The summed E-state index contributed by atoms with van der Waals surface area (Å²) < 4.78 is 1.92. The first-order valence-electron chi connectivity index (χ1n) is 8.57. The Kier molecular flexibility index (Phi) is 5.05. The molecule has 1 amide bonds. The lowest BCUT2D eigenvalue weighted by Gasteiger charge is -2.06. The molecule has 3 aromatic carbocycles. The number of amides is 1. The van der Waals surface area contributed by atoms with Gasteiger partial charge in [0.2, 0.25) is 0 Å². The van der Waals surface area contributed by atoms with E-state index in [4.69, 9.17) is 34.1 Å². The van der Waals surface area contributed by atoms with Crippen molar-refractivity contribution in [3.05, 3.63) is 87.9 Å². The molecule has 0 aliphatic carbocycles. The number of hydrogen-bond acceptors (Lipinski definition) is 3. The van der Waals surface area contributed by atoms with Gasteiger partial charge in [-0.2, -0.15) is 5.10 Å². The average Bonchev–Trinajstić information content (AvgIpc) is 3.08. The molecule has 0 unspecified atom stereocenters. The number of nitrogens with zero attached hydrogens (tertiary/aromatic N) is 2. The summed E-state index contributed by atoms with van der Waals surface area (Å²) in [6, 6.07) is 20.6. The van der Waals surface area contributed by atoms with E-state index in [-0.39, 0.29) is 5.91 Å². The number of nitrogen functional groups attached to an aromatic ring is 1. The fourth-order valence-electron chi connectivity index (χ4n) is 3.14. The second kappa shape index (κ2) is 7.64. The Morgan fingerprint density at radius 1 is 1.04 bits per heavy atom. The van der Waals surface area contributed by atoms with E-state index in [2.05, 4.69) is 5.43 Å². The third kappa shape index (κ3) is 3.47. The van der Waals surface area contributed by atoms with Crippen molar-refractivity contribution in [1.82, 2.24) is 15.2 Å². The first-order chi connectivity index (χ1) is 13.6.